The normalized spacial score (nSPS) is 17.6. The number of carbonyl (C=O) groups excluding carboxylic acids is 1. The van der Waals surface area contributed by atoms with Crippen LogP contribution in [0.15, 0.2) is 48.5 Å². The van der Waals surface area contributed by atoms with Gasteiger partial charge < -0.3 is 4.74 Å². The molecule has 1 unspecified atom stereocenters. The molecule has 0 bridgehead atoms. The fourth-order valence-corrected chi connectivity index (χ4v) is 3.44. The van der Waals surface area contributed by atoms with Crippen LogP contribution in [0.5, 0.6) is 0 Å². The molecule has 1 aliphatic rings. The summed E-state index contributed by atoms with van der Waals surface area (Å²) in [6, 6.07) is 16.3. The first-order valence-electron chi connectivity index (χ1n) is 7.77. The minimum Gasteiger partial charge on any atom is -0.469 e. The molecule has 0 saturated carbocycles. The summed E-state index contributed by atoms with van der Waals surface area (Å²) in [5.41, 5.74) is 3.69. The molecule has 3 rings (SSSR count). The SMILES string of the molecule is COC(=O)CC1CN(Cc2ccccc2)Cc2cc(Cl)ccc21. The van der Waals surface area contributed by atoms with Gasteiger partial charge in [-0.1, -0.05) is 48.0 Å². The third kappa shape index (κ3) is 3.92. The number of halogens is 1. The Kier molecular flexibility index (Phi) is 4.99. The van der Waals surface area contributed by atoms with Gasteiger partial charge in [-0.3, -0.25) is 9.69 Å². The van der Waals surface area contributed by atoms with E-state index >= 15 is 0 Å². The van der Waals surface area contributed by atoms with Crippen molar-refractivity contribution in [2.45, 2.75) is 25.4 Å². The van der Waals surface area contributed by atoms with E-state index in [2.05, 4.69) is 29.2 Å². The van der Waals surface area contributed by atoms with Gasteiger partial charge in [0.05, 0.1) is 13.5 Å². The van der Waals surface area contributed by atoms with Crippen molar-refractivity contribution in [3.8, 4) is 0 Å². The van der Waals surface area contributed by atoms with Crippen molar-refractivity contribution < 1.29 is 9.53 Å². The molecule has 0 saturated heterocycles. The minimum absolute atomic E-state index is 0.146. The second kappa shape index (κ2) is 7.16. The lowest BCUT2D eigenvalue weighted by Gasteiger charge is -2.34. The van der Waals surface area contributed by atoms with Crippen LogP contribution in [0.2, 0.25) is 5.02 Å². The van der Waals surface area contributed by atoms with Gasteiger partial charge in [-0.15, -0.1) is 0 Å². The van der Waals surface area contributed by atoms with Gasteiger partial charge in [0, 0.05) is 30.6 Å². The second-order valence-electron chi connectivity index (χ2n) is 5.98. The molecule has 0 spiro atoms. The fourth-order valence-electron chi connectivity index (χ4n) is 3.25. The summed E-state index contributed by atoms with van der Waals surface area (Å²) in [5, 5.41) is 0.738. The number of methoxy groups -OCH3 is 1. The van der Waals surface area contributed by atoms with Crippen LogP contribution in [0, 0.1) is 0 Å². The maximum absolute atomic E-state index is 11.8. The van der Waals surface area contributed by atoms with E-state index in [9.17, 15) is 4.79 Å². The van der Waals surface area contributed by atoms with E-state index in [1.54, 1.807) is 0 Å². The molecule has 0 amide bonds. The molecule has 3 nitrogen and oxygen atoms in total. The lowest BCUT2D eigenvalue weighted by molar-refractivity contribution is -0.141. The Morgan fingerprint density at radius 1 is 1.26 bits per heavy atom. The fraction of sp³-hybridized carbons (Fsp3) is 0.316. The topological polar surface area (TPSA) is 29.5 Å². The van der Waals surface area contributed by atoms with Crippen LogP contribution in [-0.2, 0) is 22.6 Å². The molecule has 2 aromatic rings. The van der Waals surface area contributed by atoms with E-state index < -0.39 is 0 Å². The highest BCUT2D eigenvalue weighted by Gasteiger charge is 2.27. The predicted molar refractivity (Wildman–Crippen MR) is 91.4 cm³/mol. The Balaban J connectivity index is 1.83. The third-order valence-electron chi connectivity index (χ3n) is 4.31. The molecule has 4 heteroatoms. The Morgan fingerprint density at radius 2 is 2.04 bits per heavy atom. The molecule has 0 aromatic heterocycles. The molecule has 23 heavy (non-hydrogen) atoms. The van der Waals surface area contributed by atoms with Gasteiger partial charge >= 0.3 is 5.97 Å². The molecule has 0 radical (unpaired) electrons. The number of carbonyl (C=O) groups is 1. The van der Waals surface area contributed by atoms with Gasteiger partial charge in [0.2, 0.25) is 0 Å². The third-order valence-corrected chi connectivity index (χ3v) is 4.54. The summed E-state index contributed by atoms with van der Waals surface area (Å²) in [6.45, 7) is 2.56. The zero-order chi connectivity index (χ0) is 16.2. The van der Waals surface area contributed by atoms with E-state index in [1.165, 1.54) is 23.8 Å². The van der Waals surface area contributed by atoms with E-state index in [0.29, 0.717) is 6.42 Å². The number of benzene rings is 2. The first kappa shape index (κ1) is 16.0. The van der Waals surface area contributed by atoms with Crippen molar-refractivity contribution in [3.05, 3.63) is 70.2 Å². The summed E-state index contributed by atoms with van der Waals surface area (Å²) in [4.78, 5) is 14.1. The molecule has 1 heterocycles. The second-order valence-corrected chi connectivity index (χ2v) is 6.41. The molecule has 120 valence electrons. The van der Waals surface area contributed by atoms with Gasteiger partial charge in [-0.05, 0) is 28.8 Å². The standard InChI is InChI=1S/C19H20ClNO2/c1-23-19(22)10-16-13-21(11-14-5-3-2-4-6-14)12-15-9-17(20)7-8-18(15)16/h2-9,16H,10-13H2,1H3. The molecular formula is C19H20ClNO2. The Morgan fingerprint density at radius 3 is 2.78 bits per heavy atom. The molecule has 0 aliphatic carbocycles. The van der Waals surface area contributed by atoms with Gasteiger partial charge in [-0.25, -0.2) is 0 Å². The molecule has 1 atom stereocenters. The summed E-state index contributed by atoms with van der Waals surface area (Å²) in [5.74, 6) is -0.0235. The minimum atomic E-state index is -0.169. The quantitative estimate of drug-likeness (QED) is 0.794. The van der Waals surface area contributed by atoms with Crippen LogP contribution in [0.1, 0.15) is 29.0 Å². The van der Waals surface area contributed by atoms with E-state index in [4.69, 9.17) is 16.3 Å². The van der Waals surface area contributed by atoms with E-state index in [-0.39, 0.29) is 11.9 Å². The van der Waals surface area contributed by atoms with Crippen LogP contribution < -0.4 is 0 Å². The number of hydrogen-bond donors (Lipinski definition) is 0. The zero-order valence-corrected chi connectivity index (χ0v) is 13.9. The van der Waals surface area contributed by atoms with Crippen molar-refractivity contribution in [1.29, 1.82) is 0 Å². The van der Waals surface area contributed by atoms with E-state index in [1.807, 2.05) is 24.3 Å². The summed E-state index contributed by atoms with van der Waals surface area (Å²) >= 11 is 6.16. The summed E-state index contributed by atoms with van der Waals surface area (Å²) in [7, 11) is 1.44. The summed E-state index contributed by atoms with van der Waals surface area (Å²) in [6.07, 6.45) is 0.399. The average Bonchev–Trinajstić information content (AvgIpc) is 2.55. The number of ether oxygens (including phenoxy) is 1. The van der Waals surface area contributed by atoms with E-state index in [0.717, 1.165) is 24.7 Å². The predicted octanol–water partition coefficient (Wildman–Crippen LogP) is 4.00. The Bertz CT molecular complexity index is 687. The highest BCUT2D eigenvalue weighted by atomic mass is 35.5. The van der Waals surface area contributed by atoms with Gasteiger partial charge in [0.1, 0.15) is 0 Å². The lowest BCUT2D eigenvalue weighted by Crippen LogP contribution is -2.34. The van der Waals surface area contributed by atoms with Crippen molar-refractivity contribution in [3.63, 3.8) is 0 Å². The number of nitrogens with zero attached hydrogens (tertiary/aromatic N) is 1. The van der Waals surface area contributed by atoms with Crippen LogP contribution in [0.3, 0.4) is 0 Å². The number of hydrogen-bond acceptors (Lipinski definition) is 3. The maximum Gasteiger partial charge on any atom is 0.306 e. The lowest BCUT2D eigenvalue weighted by atomic mass is 9.87. The molecule has 0 N–H and O–H groups in total. The molecule has 1 aliphatic heterocycles. The van der Waals surface area contributed by atoms with Crippen LogP contribution in [0.4, 0.5) is 0 Å². The van der Waals surface area contributed by atoms with Crippen molar-refractivity contribution in [1.82, 2.24) is 4.90 Å². The Labute approximate surface area is 141 Å². The summed E-state index contributed by atoms with van der Waals surface area (Å²) < 4.78 is 4.86. The van der Waals surface area contributed by atoms with Gasteiger partial charge in [0.25, 0.3) is 0 Å². The number of fused-ring (bicyclic) bond motifs is 1. The monoisotopic (exact) mass is 329 g/mol. The van der Waals surface area contributed by atoms with Crippen LogP contribution >= 0.6 is 11.6 Å². The van der Waals surface area contributed by atoms with Crippen molar-refractivity contribution in [2.24, 2.45) is 0 Å². The zero-order valence-electron chi connectivity index (χ0n) is 13.2. The van der Waals surface area contributed by atoms with Gasteiger partial charge in [-0.2, -0.15) is 0 Å². The highest BCUT2D eigenvalue weighted by Crippen LogP contribution is 2.33. The smallest absolute Gasteiger partial charge is 0.306 e. The number of esters is 1. The van der Waals surface area contributed by atoms with Crippen molar-refractivity contribution in [2.75, 3.05) is 13.7 Å². The Hall–Kier alpha value is -1.84. The maximum atomic E-state index is 11.8. The largest absolute Gasteiger partial charge is 0.469 e. The van der Waals surface area contributed by atoms with Crippen LogP contribution in [0.25, 0.3) is 0 Å². The average molecular weight is 330 g/mol. The molecule has 2 aromatic carbocycles. The first-order chi connectivity index (χ1) is 11.2. The highest BCUT2D eigenvalue weighted by molar-refractivity contribution is 6.30. The molecule has 0 fully saturated rings. The molecular weight excluding hydrogens is 310 g/mol. The van der Waals surface area contributed by atoms with Crippen LogP contribution in [-0.4, -0.2) is 24.5 Å². The first-order valence-corrected chi connectivity index (χ1v) is 8.15. The van der Waals surface area contributed by atoms with Crippen molar-refractivity contribution >= 4 is 17.6 Å². The number of rotatable bonds is 4. The van der Waals surface area contributed by atoms with Gasteiger partial charge in [0.15, 0.2) is 0 Å².